The maximum atomic E-state index is 9.72. The number of halogens is 2. The van der Waals surface area contributed by atoms with E-state index in [-0.39, 0.29) is 0 Å². The largest absolute Gasteiger partial charge is 0.370 e. The van der Waals surface area contributed by atoms with Gasteiger partial charge in [0.2, 0.25) is 0 Å². The van der Waals surface area contributed by atoms with Crippen molar-refractivity contribution in [1.29, 1.82) is 0 Å². The number of hydrogen-bond donors (Lipinski definition) is 2. The molecule has 0 heterocycles. The lowest BCUT2D eigenvalue weighted by atomic mass is 9.91. The molecule has 0 radical (unpaired) electrons. The van der Waals surface area contributed by atoms with Gasteiger partial charge in [0, 0.05) is 31.9 Å². The van der Waals surface area contributed by atoms with Crippen molar-refractivity contribution in [2.24, 2.45) is 0 Å². The van der Waals surface area contributed by atoms with E-state index in [1.807, 2.05) is 0 Å². The molecular weight excluding hydrogens is 312 g/mol. The van der Waals surface area contributed by atoms with Crippen molar-refractivity contribution in [2.45, 2.75) is 11.2 Å². The predicted molar refractivity (Wildman–Crippen MR) is 61.6 cm³/mol. The lowest BCUT2D eigenvalue weighted by Gasteiger charge is -2.23. The fraction of sp³-hybridized carbons (Fsp3) is 0.200. The van der Waals surface area contributed by atoms with E-state index in [1.54, 1.807) is 0 Å². The van der Waals surface area contributed by atoms with E-state index in [0.717, 1.165) is 0 Å². The van der Waals surface area contributed by atoms with Crippen LogP contribution < -0.4 is 0 Å². The molecule has 14 heavy (non-hydrogen) atoms. The first kappa shape index (κ1) is 11.6. The van der Waals surface area contributed by atoms with Crippen LogP contribution in [0.15, 0.2) is 24.3 Å². The standard InChI is InChI=1S/C10H6Br2O2/c11-7-5-9(13)1-2-10(14,4-3-9)6-8-12/h1-4,13-14H. The van der Waals surface area contributed by atoms with Crippen molar-refractivity contribution in [1.82, 2.24) is 0 Å². The summed E-state index contributed by atoms with van der Waals surface area (Å²) in [5, 5.41) is 19.4. The predicted octanol–water partition coefficient (Wildman–Crippen LogP) is 1.29. The zero-order valence-corrected chi connectivity index (χ0v) is 10.1. The Hall–Kier alpha value is -0.520. The zero-order valence-electron chi connectivity index (χ0n) is 6.96. The van der Waals surface area contributed by atoms with Gasteiger partial charge < -0.3 is 10.2 Å². The Balaban J connectivity index is 2.96. The second-order valence-electron chi connectivity index (χ2n) is 2.76. The van der Waals surface area contributed by atoms with E-state index in [4.69, 9.17) is 0 Å². The van der Waals surface area contributed by atoms with Crippen LogP contribution in [-0.4, -0.2) is 21.4 Å². The van der Waals surface area contributed by atoms with Gasteiger partial charge in [-0.25, -0.2) is 0 Å². The SMILES string of the molecule is OC1(C#CBr)C=CC(O)(C#CBr)C=C1. The molecule has 1 aliphatic carbocycles. The van der Waals surface area contributed by atoms with Gasteiger partial charge in [-0.2, -0.15) is 0 Å². The molecule has 0 saturated carbocycles. The van der Waals surface area contributed by atoms with E-state index in [2.05, 4.69) is 53.4 Å². The Morgan fingerprint density at radius 1 is 0.786 bits per heavy atom. The molecule has 1 aliphatic rings. The lowest BCUT2D eigenvalue weighted by molar-refractivity contribution is 0.170. The Morgan fingerprint density at radius 2 is 1.07 bits per heavy atom. The van der Waals surface area contributed by atoms with E-state index in [1.165, 1.54) is 24.3 Å². The van der Waals surface area contributed by atoms with Gasteiger partial charge in [-0.15, -0.1) is 0 Å². The molecule has 0 aromatic rings. The molecule has 0 spiro atoms. The average molecular weight is 318 g/mol. The minimum atomic E-state index is -1.33. The molecule has 0 saturated heterocycles. The van der Waals surface area contributed by atoms with Gasteiger partial charge in [0.1, 0.15) is 0 Å². The van der Waals surface area contributed by atoms with E-state index >= 15 is 0 Å². The molecule has 0 unspecified atom stereocenters. The third-order valence-electron chi connectivity index (χ3n) is 1.68. The van der Waals surface area contributed by atoms with Gasteiger partial charge in [0.25, 0.3) is 0 Å². The van der Waals surface area contributed by atoms with Crippen molar-refractivity contribution in [3.63, 3.8) is 0 Å². The molecule has 1 rings (SSSR count). The molecule has 0 amide bonds. The van der Waals surface area contributed by atoms with Gasteiger partial charge in [0.15, 0.2) is 11.2 Å². The van der Waals surface area contributed by atoms with Crippen molar-refractivity contribution in [2.75, 3.05) is 0 Å². The topological polar surface area (TPSA) is 40.5 Å². The fourth-order valence-corrected chi connectivity index (χ4v) is 1.57. The first-order valence-corrected chi connectivity index (χ1v) is 5.23. The number of rotatable bonds is 0. The van der Waals surface area contributed by atoms with Crippen LogP contribution in [0.2, 0.25) is 0 Å². The highest BCUT2D eigenvalue weighted by Crippen LogP contribution is 2.21. The molecule has 0 aromatic carbocycles. The summed E-state index contributed by atoms with van der Waals surface area (Å²) in [6.45, 7) is 0. The van der Waals surface area contributed by atoms with E-state index in [9.17, 15) is 10.2 Å². The smallest absolute Gasteiger partial charge is 0.164 e. The Labute approximate surface area is 99.0 Å². The van der Waals surface area contributed by atoms with Crippen LogP contribution in [-0.2, 0) is 0 Å². The second kappa shape index (κ2) is 4.33. The highest BCUT2D eigenvalue weighted by Gasteiger charge is 2.27. The van der Waals surface area contributed by atoms with Gasteiger partial charge in [-0.05, 0) is 45.8 Å². The van der Waals surface area contributed by atoms with Crippen molar-refractivity contribution < 1.29 is 10.2 Å². The fourth-order valence-electron chi connectivity index (χ4n) is 0.937. The Kier molecular flexibility index (Phi) is 3.58. The first-order valence-electron chi connectivity index (χ1n) is 3.65. The summed E-state index contributed by atoms with van der Waals surface area (Å²) in [6.07, 6.45) is 5.55. The molecule has 0 bridgehead atoms. The Bertz CT molecular complexity index is 349. The second-order valence-corrected chi connectivity index (χ2v) is 3.55. The molecule has 0 aromatic heterocycles. The Morgan fingerprint density at radius 3 is 1.29 bits per heavy atom. The van der Waals surface area contributed by atoms with E-state index in [0.29, 0.717) is 0 Å². The summed E-state index contributed by atoms with van der Waals surface area (Å²) >= 11 is 5.79. The minimum Gasteiger partial charge on any atom is -0.370 e. The molecule has 4 heteroatoms. The average Bonchev–Trinajstić information content (AvgIpc) is 2.13. The maximum Gasteiger partial charge on any atom is 0.164 e. The summed E-state index contributed by atoms with van der Waals surface area (Å²) < 4.78 is 0. The van der Waals surface area contributed by atoms with Gasteiger partial charge in [0.05, 0.1) is 0 Å². The summed E-state index contributed by atoms with van der Waals surface area (Å²) in [4.78, 5) is 4.84. The van der Waals surface area contributed by atoms with Crippen molar-refractivity contribution in [3.05, 3.63) is 24.3 Å². The molecular formula is C10H6Br2O2. The van der Waals surface area contributed by atoms with Gasteiger partial charge >= 0.3 is 0 Å². The van der Waals surface area contributed by atoms with Crippen LogP contribution in [0.5, 0.6) is 0 Å². The quantitative estimate of drug-likeness (QED) is 0.522. The third-order valence-corrected chi connectivity index (χ3v) is 2.07. The molecule has 2 nitrogen and oxygen atoms in total. The van der Waals surface area contributed by atoms with Crippen molar-refractivity contribution in [3.8, 4) is 21.5 Å². The minimum absolute atomic E-state index is 1.33. The van der Waals surface area contributed by atoms with E-state index < -0.39 is 11.2 Å². The summed E-state index contributed by atoms with van der Waals surface area (Å²) in [7, 11) is 0. The molecule has 0 aliphatic heterocycles. The molecule has 0 atom stereocenters. The van der Waals surface area contributed by atoms with Crippen LogP contribution in [0.3, 0.4) is 0 Å². The molecule has 0 fully saturated rings. The van der Waals surface area contributed by atoms with Crippen LogP contribution in [0.4, 0.5) is 0 Å². The van der Waals surface area contributed by atoms with Crippen LogP contribution in [0, 0.1) is 21.5 Å². The highest BCUT2D eigenvalue weighted by molar-refractivity contribution is 9.12. The summed E-state index contributed by atoms with van der Waals surface area (Å²) in [6, 6.07) is 0. The maximum absolute atomic E-state index is 9.72. The van der Waals surface area contributed by atoms with Crippen LogP contribution in [0.1, 0.15) is 0 Å². The zero-order chi connectivity index (χ0) is 10.7. The van der Waals surface area contributed by atoms with Gasteiger partial charge in [-0.1, -0.05) is 0 Å². The van der Waals surface area contributed by atoms with Crippen LogP contribution >= 0.6 is 31.9 Å². The van der Waals surface area contributed by atoms with Crippen LogP contribution in [0.25, 0.3) is 0 Å². The summed E-state index contributed by atoms with van der Waals surface area (Å²) in [5.41, 5.74) is -2.66. The normalized spacial score (nSPS) is 34.0. The summed E-state index contributed by atoms with van der Waals surface area (Å²) in [5.74, 6) is 5.04. The first-order chi connectivity index (χ1) is 6.54. The molecule has 72 valence electrons. The highest BCUT2D eigenvalue weighted by atomic mass is 79.9. The van der Waals surface area contributed by atoms with Crippen molar-refractivity contribution >= 4 is 31.9 Å². The number of aliphatic hydroxyl groups is 2. The monoisotopic (exact) mass is 316 g/mol. The third kappa shape index (κ3) is 2.73. The molecule has 2 N–H and O–H groups in total. The lowest BCUT2D eigenvalue weighted by Crippen LogP contribution is -2.31. The van der Waals surface area contributed by atoms with Gasteiger partial charge in [-0.3, -0.25) is 0 Å². The number of hydrogen-bond acceptors (Lipinski definition) is 2.